The number of hydrogen-bond donors (Lipinski definition) is 0. The third-order valence-electron chi connectivity index (χ3n) is 8.68. The van der Waals surface area contributed by atoms with Crippen molar-refractivity contribution < 1.29 is 0 Å². The third-order valence-corrected chi connectivity index (χ3v) is 10.4. The minimum atomic E-state index is -0.578. The van der Waals surface area contributed by atoms with Gasteiger partial charge in [0.2, 0.25) is 0 Å². The van der Waals surface area contributed by atoms with Crippen molar-refractivity contribution >= 4 is 40.6 Å². The predicted octanol–water partition coefficient (Wildman–Crippen LogP) is 9.29. The Balaban J connectivity index is 1.49. The topological polar surface area (TPSA) is 18.8 Å². The van der Waals surface area contributed by atoms with E-state index in [4.69, 9.17) is 16.7 Å². The molecule has 0 fully saturated rings. The van der Waals surface area contributed by atoms with E-state index in [1.165, 1.54) is 27.3 Å². The van der Waals surface area contributed by atoms with Crippen LogP contribution in [0.3, 0.4) is 0 Å². The smallest absolute Gasteiger partial charge is 0.170 e. The molecule has 0 aromatic heterocycles. The molecule has 2 heterocycles. The van der Waals surface area contributed by atoms with Gasteiger partial charge in [0.05, 0.1) is 11.4 Å². The van der Waals surface area contributed by atoms with Gasteiger partial charge in [-0.1, -0.05) is 109 Å². The van der Waals surface area contributed by atoms with Gasteiger partial charge in [-0.15, -0.1) is 11.8 Å². The van der Waals surface area contributed by atoms with E-state index in [9.17, 15) is 0 Å². The summed E-state index contributed by atoms with van der Waals surface area (Å²) < 4.78 is 0. The zero-order valence-electron chi connectivity index (χ0n) is 22.4. The van der Waals surface area contributed by atoms with Crippen LogP contribution in [0.2, 0.25) is 5.02 Å². The number of amidine groups is 1. The fraction of sp³-hybridized carbons (Fsp3) is 0.139. The molecule has 5 heteroatoms. The molecule has 0 saturated heterocycles. The standard InChI is InChI=1S/C36H28ClN3S/c37-28-22-19-26(20-23-28)34-31-24-21-25-11-7-8-16-30(25)36(31)39(32-17-9-10-18-33(32)41-34)35(27-12-3-1-4-13-27)38-40(36)29-14-5-2-6-15-29/h1-20,22-23,31,34H,21,24H2. The normalized spacial score (nSPS) is 22.6. The van der Waals surface area contributed by atoms with Crippen molar-refractivity contribution in [3.8, 4) is 0 Å². The van der Waals surface area contributed by atoms with Gasteiger partial charge in [-0.3, -0.25) is 4.90 Å². The summed E-state index contributed by atoms with van der Waals surface area (Å²) in [5.74, 6) is 1.18. The molecular formula is C36H28ClN3S. The summed E-state index contributed by atoms with van der Waals surface area (Å²) in [5.41, 5.74) is 6.81. The minimum Gasteiger partial charge on any atom is -0.293 e. The van der Waals surface area contributed by atoms with Gasteiger partial charge < -0.3 is 0 Å². The van der Waals surface area contributed by atoms with Gasteiger partial charge in [0.25, 0.3) is 0 Å². The second-order valence-electron chi connectivity index (χ2n) is 10.9. The van der Waals surface area contributed by atoms with E-state index < -0.39 is 5.66 Å². The van der Waals surface area contributed by atoms with E-state index in [1.54, 1.807) is 0 Å². The Morgan fingerprint density at radius 2 is 1.41 bits per heavy atom. The van der Waals surface area contributed by atoms with E-state index in [0.29, 0.717) is 0 Å². The molecule has 0 amide bonds. The molecule has 2 aliphatic heterocycles. The van der Waals surface area contributed by atoms with Gasteiger partial charge in [0.1, 0.15) is 0 Å². The Morgan fingerprint density at radius 1 is 0.732 bits per heavy atom. The maximum Gasteiger partial charge on any atom is 0.170 e. The number of nitrogens with zero attached hydrogens (tertiary/aromatic N) is 3. The van der Waals surface area contributed by atoms with Crippen LogP contribution < -0.4 is 9.91 Å². The van der Waals surface area contributed by atoms with Crippen molar-refractivity contribution in [3.05, 3.63) is 161 Å². The monoisotopic (exact) mass is 569 g/mol. The first-order valence-electron chi connectivity index (χ1n) is 14.1. The van der Waals surface area contributed by atoms with Crippen LogP contribution in [0.5, 0.6) is 0 Å². The maximum atomic E-state index is 6.40. The number of halogens is 1. The van der Waals surface area contributed by atoms with Crippen molar-refractivity contribution in [2.24, 2.45) is 11.0 Å². The molecule has 1 aliphatic carbocycles. The fourth-order valence-corrected chi connectivity index (χ4v) is 8.63. The maximum absolute atomic E-state index is 6.40. The van der Waals surface area contributed by atoms with Crippen LogP contribution >= 0.6 is 23.4 Å². The number of anilines is 2. The molecule has 3 atom stereocenters. The van der Waals surface area contributed by atoms with E-state index >= 15 is 0 Å². The van der Waals surface area contributed by atoms with Crippen molar-refractivity contribution in [1.82, 2.24) is 0 Å². The number of aryl methyl sites for hydroxylation is 1. The van der Waals surface area contributed by atoms with Crippen LogP contribution in [-0.2, 0) is 12.1 Å². The number of thioether (sulfide) groups is 1. The van der Waals surface area contributed by atoms with Crippen molar-refractivity contribution in [2.75, 3.05) is 9.91 Å². The van der Waals surface area contributed by atoms with Gasteiger partial charge in [-0.05, 0) is 60.4 Å². The van der Waals surface area contributed by atoms with Gasteiger partial charge >= 0.3 is 0 Å². The molecule has 5 aromatic rings. The first-order valence-corrected chi connectivity index (χ1v) is 15.4. The number of hydrazone groups is 1. The molecule has 0 saturated carbocycles. The fourth-order valence-electron chi connectivity index (χ4n) is 7.01. The molecule has 3 nitrogen and oxygen atoms in total. The summed E-state index contributed by atoms with van der Waals surface area (Å²) in [4.78, 5) is 3.83. The molecule has 0 bridgehead atoms. The average Bonchev–Trinajstić information content (AvgIpc) is 3.31. The molecule has 200 valence electrons. The summed E-state index contributed by atoms with van der Waals surface area (Å²) in [6.07, 6.45) is 2.06. The number of para-hydroxylation sites is 2. The molecule has 5 aromatic carbocycles. The summed E-state index contributed by atoms with van der Waals surface area (Å²) >= 11 is 8.38. The number of rotatable bonds is 3. The van der Waals surface area contributed by atoms with E-state index in [2.05, 4.69) is 131 Å². The zero-order chi connectivity index (χ0) is 27.4. The largest absolute Gasteiger partial charge is 0.293 e. The molecule has 1 spiro atoms. The number of benzene rings is 5. The summed E-state index contributed by atoms with van der Waals surface area (Å²) in [6, 6.07) is 47.7. The lowest BCUT2D eigenvalue weighted by atomic mass is 9.70. The minimum absolute atomic E-state index is 0.184. The highest BCUT2D eigenvalue weighted by Gasteiger charge is 2.62. The van der Waals surface area contributed by atoms with Crippen molar-refractivity contribution in [1.29, 1.82) is 0 Å². The Hall–Kier alpha value is -3.99. The molecule has 8 rings (SSSR count). The Labute approximate surface area is 250 Å². The lowest BCUT2D eigenvalue weighted by Gasteiger charge is -2.53. The van der Waals surface area contributed by atoms with Crippen molar-refractivity contribution in [2.45, 2.75) is 28.6 Å². The predicted molar refractivity (Wildman–Crippen MR) is 171 cm³/mol. The van der Waals surface area contributed by atoms with Crippen LogP contribution in [0.15, 0.2) is 143 Å². The Morgan fingerprint density at radius 3 is 2.22 bits per heavy atom. The lowest BCUT2D eigenvalue weighted by molar-refractivity contribution is 0.238. The summed E-state index contributed by atoms with van der Waals surface area (Å²) in [7, 11) is 0. The van der Waals surface area contributed by atoms with Crippen LogP contribution in [0.25, 0.3) is 0 Å². The highest BCUT2D eigenvalue weighted by molar-refractivity contribution is 7.99. The van der Waals surface area contributed by atoms with E-state index in [-0.39, 0.29) is 11.2 Å². The Kier molecular flexibility index (Phi) is 5.94. The summed E-state index contributed by atoms with van der Waals surface area (Å²) in [6.45, 7) is 0. The van der Waals surface area contributed by atoms with Crippen LogP contribution in [0.4, 0.5) is 11.4 Å². The second kappa shape index (κ2) is 9.83. The first kappa shape index (κ1) is 24.8. The number of fused-ring (bicyclic) bond motifs is 3. The third kappa shape index (κ3) is 3.78. The van der Waals surface area contributed by atoms with E-state index in [0.717, 1.165) is 35.0 Å². The SMILES string of the molecule is Clc1ccc(C2Sc3ccccc3N3C(c4ccccc4)=NN(c4ccccc4)C34c3ccccc3CCC24)cc1. The zero-order valence-corrected chi connectivity index (χ0v) is 24.0. The highest BCUT2D eigenvalue weighted by atomic mass is 35.5. The van der Waals surface area contributed by atoms with Gasteiger partial charge in [0, 0.05) is 32.2 Å². The molecular weight excluding hydrogens is 542 g/mol. The van der Waals surface area contributed by atoms with Gasteiger partial charge in [-0.2, -0.15) is 5.10 Å². The second-order valence-corrected chi connectivity index (χ2v) is 12.5. The molecule has 0 N–H and O–H groups in total. The van der Waals surface area contributed by atoms with Crippen LogP contribution in [0.1, 0.15) is 33.9 Å². The lowest BCUT2D eigenvalue weighted by Crippen LogP contribution is -2.61. The van der Waals surface area contributed by atoms with Crippen LogP contribution in [0, 0.1) is 5.92 Å². The molecule has 41 heavy (non-hydrogen) atoms. The molecule has 3 aliphatic rings. The van der Waals surface area contributed by atoms with Crippen LogP contribution in [-0.4, -0.2) is 5.84 Å². The summed E-state index contributed by atoms with van der Waals surface area (Å²) in [5, 5.41) is 8.86. The van der Waals surface area contributed by atoms with Gasteiger partial charge in [0.15, 0.2) is 11.5 Å². The quantitative estimate of drug-likeness (QED) is 0.216. The van der Waals surface area contributed by atoms with Gasteiger partial charge in [-0.25, -0.2) is 5.01 Å². The average molecular weight is 570 g/mol. The van der Waals surface area contributed by atoms with E-state index in [1.807, 2.05) is 23.9 Å². The molecule has 0 radical (unpaired) electrons. The van der Waals surface area contributed by atoms with Crippen molar-refractivity contribution in [3.63, 3.8) is 0 Å². The first-order chi connectivity index (χ1) is 20.2. The Bertz CT molecular complexity index is 1760. The number of hydrogen-bond acceptors (Lipinski definition) is 4. The highest BCUT2D eigenvalue weighted by Crippen LogP contribution is 2.63. The molecule has 3 unspecified atom stereocenters.